The largest absolute Gasteiger partial charge is 0.360 e. The summed E-state index contributed by atoms with van der Waals surface area (Å²) in [5, 5.41) is 7.76. The minimum absolute atomic E-state index is 0.0200. The summed E-state index contributed by atoms with van der Waals surface area (Å²) in [6.07, 6.45) is 4.09. The third-order valence-electron chi connectivity index (χ3n) is 5.41. The maximum Gasteiger partial charge on any atom is 0.185 e. The summed E-state index contributed by atoms with van der Waals surface area (Å²) in [5.41, 5.74) is 3.49. The quantitative estimate of drug-likeness (QED) is 0.206. The van der Waals surface area contributed by atoms with E-state index in [1.165, 1.54) is 0 Å². The Morgan fingerprint density at radius 1 is 1.06 bits per heavy atom. The molecule has 2 heterocycles. The summed E-state index contributed by atoms with van der Waals surface area (Å²) in [5.74, 6) is 0.0200. The number of rotatable bonds is 8. The Morgan fingerprint density at radius 2 is 1.84 bits per heavy atom. The van der Waals surface area contributed by atoms with Gasteiger partial charge in [-0.2, -0.15) is 5.10 Å². The minimum atomic E-state index is -1.09. The first kappa shape index (κ1) is 21.4. The van der Waals surface area contributed by atoms with Crippen molar-refractivity contribution in [3.63, 3.8) is 0 Å². The molecule has 0 unspecified atom stereocenters. The highest BCUT2D eigenvalue weighted by atomic mass is 28.3. The lowest BCUT2D eigenvalue weighted by Gasteiger charge is -2.15. The Labute approximate surface area is 184 Å². The molecule has 4 rings (SSSR count). The monoisotopic (exact) mass is 431 g/mol. The van der Waals surface area contributed by atoms with Crippen LogP contribution in [-0.2, 0) is 17.9 Å². The van der Waals surface area contributed by atoms with Crippen molar-refractivity contribution in [3.05, 3.63) is 71.7 Å². The highest BCUT2D eigenvalue weighted by molar-refractivity contribution is 6.76. The van der Waals surface area contributed by atoms with Gasteiger partial charge in [0.05, 0.1) is 5.52 Å². The summed E-state index contributed by atoms with van der Waals surface area (Å²) in [4.78, 5) is 17.2. The fraction of sp³-hybridized carbons (Fsp3) is 0.320. The third kappa shape index (κ3) is 5.27. The molecule has 0 amide bonds. The van der Waals surface area contributed by atoms with Crippen molar-refractivity contribution in [1.29, 1.82) is 0 Å². The van der Waals surface area contributed by atoms with Crippen molar-refractivity contribution in [2.75, 3.05) is 6.61 Å². The predicted molar refractivity (Wildman–Crippen MR) is 128 cm³/mol. The average molecular weight is 432 g/mol. The van der Waals surface area contributed by atoms with Gasteiger partial charge in [0.2, 0.25) is 0 Å². The van der Waals surface area contributed by atoms with Gasteiger partial charge in [-0.05, 0) is 41.6 Å². The summed E-state index contributed by atoms with van der Waals surface area (Å²) in [7, 11) is -1.09. The van der Waals surface area contributed by atoms with Crippen LogP contribution in [0, 0.1) is 6.92 Å². The molecule has 6 heteroatoms. The number of pyridine rings is 1. The van der Waals surface area contributed by atoms with Crippen LogP contribution >= 0.6 is 0 Å². The van der Waals surface area contributed by atoms with Crippen LogP contribution in [0.3, 0.4) is 0 Å². The molecule has 0 saturated carbocycles. The highest BCUT2D eigenvalue weighted by Crippen LogP contribution is 2.21. The summed E-state index contributed by atoms with van der Waals surface area (Å²) < 4.78 is 7.67. The highest BCUT2D eigenvalue weighted by Gasteiger charge is 2.14. The molecule has 31 heavy (non-hydrogen) atoms. The van der Waals surface area contributed by atoms with Gasteiger partial charge in [0.25, 0.3) is 0 Å². The second kappa shape index (κ2) is 8.73. The van der Waals surface area contributed by atoms with E-state index in [1.54, 1.807) is 6.20 Å². The number of hydrogen-bond donors (Lipinski definition) is 0. The van der Waals surface area contributed by atoms with Crippen molar-refractivity contribution >= 4 is 35.5 Å². The van der Waals surface area contributed by atoms with Crippen molar-refractivity contribution in [3.8, 4) is 0 Å². The topological polar surface area (TPSA) is 57.0 Å². The maximum absolute atomic E-state index is 12.9. The molecule has 0 atom stereocenters. The smallest absolute Gasteiger partial charge is 0.185 e. The number of ketones is 1. The lowest BCUT2D eigenvalue weighted by molar-refractivity contribution is 0.0791. The maximum atomic E-state index is 12.9. The van der Waals surface area contributed by atoms with Crippen LogP contribution in [0.25, 0.3) is 21.7 Å². The zero-order valence-corrected chi connectivity index (χ0v) is 19.7. The van der Waals surface area contributed by atoms with Crippen LogP contribution in [0.1, 0.15) is 21.6 Å². The Kier molecular flexibility index (Phi) is 6.02. The Hall–Kier alpha value is -2.83. The summed E-state index contributed by atoms with van der Waals surface area (Å²) in [6, 6.07) is 15.1. The molecule has 4 aromatic rings. The molecular formula is C25H29N3O2Si. The van der Waals surface area contributed by atoms with Gasteiger partial charge in [-0.15, -0.1) is 0 Å². The third-order valence-corrected chi connectivity index (χ3v) is 7.11. The molecule has 0 fully saturated rings. The van der Waals surface area contributed by atoms with Crippen LogP contribution in [0.2, 0.25) is 25.7 Å². The van der Waals surface area contributed by atoms with E-state index >= 15 is 0 Å². The van der Waals surface area contributed by atoms with E-state index in [9.17, 15) is 4.79 Å². The van der Waals surface area contributed by atoms with Gasteiger partial charge in [-0.3, -0.25) is 9.78 Å². The van der Waals surface area contributed by atoms with E-state index in [0.717, 1.165) is 45.5 Å². The first-order valence-corrected chi connectivity index (χ1v) is 14.4. The van der Waals surface area contributed by atoms with Gasteiger partial charge in [-0.1, -0.05) is 50.0 Å². The number of hydrogen-bond acceptors (Lipinski definition) is 4. The number of Topliss-reactive ketones (excluding diaryl/α,β-unsaturated/α-hetero) is 1. The van der Waals surface area contributed by atoms with E-state index in [2.05, 4.69) is 29.7 Å². The fourth-order valence-electron chi connectivity index (χ4n) is 3.65. The van der Waals surface area contributed by atoms with Crippen LogP contribution in [0.5, 0.6) is 0 Å². The number of benzene rings is 2. The van der Waals surface area contributed by atoms with E-state index in [-0.39, 0.29) is 5.78 Å². The van der Waals surface area contributed by atoms with E-state index in [1.807, 2.05) is 60.3 Å². The zero-order chi connectivity index (χ0) is 22.0. The average Bonchev–Trinajstić information content (AvgIpc) is 3.13. The number of ether oxygens (including phenoxy) is 1. The Bertz CT molecular complexity index is 1240. The Balaban J connectivity index is 1.48. The van der Waals surface area contributed by atoms with Crippen LogP contribution in [0.15, 0.2) is 54.9 Å². The second-order valence-electron chi connectivity index (χ2n) is 9.38. The molecule has 2 aromatic heterocycles. The first-order valence-electron chi connectivity index (χ1n) is 10.7. The van der Waals surface area contributed by atoms with Gasteiger partial charge in [-0.25, -0.2) is 4.68 Å². The molecule has 0 spiro atoms. The molecule has 2 aromatic carbocycles. The number of aromatic nitrogens is 3. The lowest BCUT2D eigenvalue weighted by Crippen LogP contribution is -2.22. The molecule has 0 aliphatic rings. The Morgan fingerprint density at radius 3 is 2.61 bits per heavy atom. The van der Waals surface area contributed by atoms with Gasteiger partial charge in [0.15, 0.2) is 5.78 Å². The number of aryl methyl sites for hydroxylation is 1. The summed E-state index contributed by atoms with van der Waals surface area (Å²) >= 11 is 0. The van der Waals surface area contributed by atoms with Gasteiger partial charge < -0.3 is 4.74 Å². The van der Waals surface area contributed by atoms with Crippen molar-refractivity contribution in [2.24, 2.45) is 0 Å². The van der Waals surface area contributed by atoms with Crippen molar-refractivity contribution in [2.45, 2.75) is 45.8 Å². The molecule has 160 valence electrons. The lowest BCUT2D eigenvalue weighted by atomic mass is 10.0. The molecular weight excluding hydrogens is 402 g/mol. The van der Waals surface area contributed by atoms with Crippen LogP contribution < -0.4 is 0 Å². The normalized spacial score (nSPS) is 12.0. The van der Waals surface area contributed by atoms with Gasteiger partial charge in [0.1, 0.15) is 12.4 Å². The van der Waals surface area contributed by atoms with E-state index < -0.39 is 8.07 Å². The molecule has 0 N–H and O–H groups in total. The second-order valence-corrected chi connectivity index (χ2v) is 15.0. The number of nitrogens with zero attached hydrogens (tertiary/aromatic N) is 3. The molecule has 0 aliphatic heterocycles. The molecule has 0 bridgehead atoms. The molecule has 0 saturated heterocycles. The zero-order valence-electron chi connectivity index (χ0n) is 18.7. The molecule has 0 radical (unpaired) electrons. The molecule has 5 nitrogen and oxygen atoms in total. The van der Waals surface area contributed by atoms with Crippen LogP contribution in [0.4, 0.5) is 0 Å². The number of fused-ring (bicyclic) bond motifs is 2. The van der Waals surface area contributed by atoms with Crippen molar-refractivity contribution < 1.29 is 9.53 Å². The SMILES string of the molecule is Cc1cc(CC(=O)c2cc3ccccc3cn2)cc2cn(COCC[Si](C)(C)C)nc12. The van der Waals surface area contributed by atoms with Crippen LogP contribution in [-0.4, -0.2) is 35.2 Å². The predicted octanol–water partition coefficient (Wildman–Crippen LogP) is 5.63. The van der Waals surface area contributed by atoms with Crippen molar-refractivity contribution in [1.82, 2.24) is 14.8 Å². The van der Waals surface area contributed by atoms with E-state index in [4.69, 9.17) is 4.74 Å². The first-order chi connectivity index (χ1) is 14.8. The van der Waals surface area contributed by atoms with Gasteiger partial charge >= 0.3 is 0 Å². The minimum Gasteiger partial charge on any atom is -0.360 e. The molecule has 0 aliphatic carbocycles. The number of carbonyl (C=O) groups excluding carboxylic acids is 1. The summed E-state index contributed by atoms with van der Waals surface area (Å²) in [6.45, 7) is 10.3. The fourth-order valence-corrected chi connectivity index (χ4v) is 4.41. The standard InChI is InChI=1S/C25H29N3O2Si/c1-18-11-19(13-24(29)23-14-20-7-5-6-8-21(20)15-26-23)12-22-16-28(27-25(18)22)17-30-9-10-31(2,3)4/h5-8,11-12,14-16H,9-10,13,17H2,1-4H3. The number of carbonyl (C=O) groups is 1. The van der Waals surface area contributed by atoms with Gasteiger partial charge in [0, 0.05) is 44.3 Å². The van der Waals surface area contributed by atoms with E-state index in [0.29, 0.717) is 18.8 Å².